The molecular formula is C34H39F4N5O4. The number of amides is 1. The number of nitrogens with zero attached hydrogens (tertiary/aromatic N) is 4. The number of likely N-dealkylation sites (N-methyl/N-ethyl adjacent to an activating group) is 1. The Morgan fingerprint density at radius 2 is 1.72 bits per heavy atom. The maximum atomic E-state index is 14.2. The number of hydrogen-bond donors (Lipinski definition) is 2. The van der Waals surface area contributed by atoms with Crippen LogP contribution in [0.15, 0.2) is 53.7 Å². The molecule has 0 spiro atoms. The monoisotopic (exact) mass is 657 g/mol. The average Bonchev–Trinajstić information content (AvgIpc) is 3.42. The van der Waals surface area contributed by atoms with Gasteiger partial charge in [0.1, 0.15) is 17.5 Å². The first kappa shape index (κ1) is 35.3. The number of aromatic nitrogens is 3. The van der Waals surface area contributed by atoms with Crippen LogP contribution in [-0.2, 0) is 22.2 Å². The van der Waals surface area contributed by atoms with Gasteiger partial charge in [-0.3, -0.25) is 18.8 Å². The number of aliphatic carboxylic acids is 1. The first-order chi connectivity index (χ1) is 22.0. The zero-order chi connectivity index (χ0) is 34.8. The Hall–Kier alpha value is -4.52. The van der Waals surface area contributed by atoms with Gasteiger partial charge < -0.3 is 19.9 Å². The maximum absolute atomic E-state index is 14.2. The number of halogens is 4. The molecule has 0 saturated carbocycles. The minimum atomic E-state index is -4.77. The van der Waals surface area contributed by atoms with E-state index in [9.17, 15) is 37.1 Å². The minimum Gasteiger partial charge on any atom is -0.481 e. The lowest BCUT2D eigenvalue weighted by Gasteiger charge is -2.26. The number of fused-ring (bicyclic) bond motifs is 1. The number of carboxylic acid groups (broad SMARTS) is 1. The molecule has 13 heteroatoms. The molecule has 0 aliphatic carbocycles. The fourth-order valence-corrected chi connectivity index (χ4v) is 5.88. The van der Waals surface area contributed by atoms with Crippen molar-refractivity contribution in [2.24, 2.45) is 5.92 Å². The molecular weight excluding hydrogens is 618 g/mol. The Balaban J connectivity index is 1.82. The molecule has 4 aromatic rings. The second-order valence-electron chi connectivity index (χ2n) is 12.6. The average molecular weight is 658 g/mol. The van der Waals surface area contributed by atoms with Crippen molar-refractivity contribution >= 4 is 17.5 Å². The number of pyridine rings is 2. The van der Waals surface area contributed by atoms with E-state index in [4.69, 9.17) is 0 Å². The van der Waals surface area contributed by atoms with Crippen LogP contribution in [0, 0.1) is 25.6 Å². The highest BCUT2D eigenvalue weighted by Gasteiger charge is 2.36. The van der Waals surface area contributed by atoms with E-state index >= 15 is 0 Å². The van der Waals surface area contributed by atoms with Crippen LogP contribution >= 0.6 is 0 Å². The third-order valence-electron chi connectivity index (χ3n) is 8.01. The molecule has 1 amide bonds. The maximum Gasteiger partial charge on any atom is 0.416 e. The fourth-order valence-electron chi connectivity index (χ4n) is 5.88. The molecule has 4 rings (SSSR count). The number of alkyl halides is 3. The number of carbonyl (C=O) groups excluding carboxylic acids is 1. The van der Waals surface area contributed by atoms with E-state index in [1.54, 1.807) is 61.8 Å². The highest BCUT2D eigenvalue weighted by atomic mass is 19.4. The van der Waals surface area contributed by atoms with Crippen molar-refractivity contribution in [3.8, 4) is 11.3 Å². The van der Waals surface area contributed by atoms with Crippen LogP contribution in [0.4, 0.5) is 17.6 Å². The van der Waals surface area contributed by atoms with E-state index in [1.807, 2.05) is 13.8 Å². The summed E-state index contributed by atoms with van der Waals surface area (Å²) in [7, 11) is 3.43. The Morgan fingerprint density at radius 1 is 1.06 bits per heavy atom. The first-order valence-electron chi connectivity index (χ1n) is 15.2. The van der Waals surface area contributed by atoms with E-state index in [-0.39, 0.29) is 30.9 Å². The van der Waals surface area contributed by atoms with Gasteiger partial charge in [0.15, 0.2) is 0 Å². The second kappa shape index (κ2) is 14.1. The molecule has 0 fully saturated rings. The Bertz CT molecular complexity index is 1820. The van der Waals surface area contributed by atoms with Crippen LogP contribution in [0.1, 0.15) is 66.6 Å². The molecule has 3 aromatic heterocycles. The summed E-state index contributed by atoms with van der Waals surface area (Å²) in [5.74, 6) is -2.49. The summed E-state index contributed by atoms with van der Waals surface area (Å²) in [6.07, 6.45) is -0.851. The first-order valence-corrected chi connectivity index (χ1v) is 15.2. The summed E-state index contributed by atoms with van der Waals surface area (Å²) in [4.78, 5) is 45.4. The van der Waals surface area contributed by atoms with Crippen molar-refractivity contribution in [1.29, 1.82) is 0 Å². The lowest BCUT2D eigenvalue weighted by Crippen LogP contribution is -2.40. The van der Waals surface area contributed by atoms with E-state index < -0.39 is 53.5 Å². The van der Waals surface area contributed by atoms with Gasteiger partial charge in [0.25, 0.3) is 5.56 Å². The predicted molar refractivity (Wildman–Crippen MR) is 170 cm³/mol. The van der Waals surface area contributed by atoms with Crippen molar-refractivity contribution in [3.05, 3.63) is 92.9 Å². The summed E-state index contributed by atoms with van der Waals surface area (Å²) in [6.45, 7) is 7.39. The molecule has 0 radical (unpaired) electrons. The molecule has 0 unspecified atom stereocenters. The Labute approximate surface area is 269 Å². The number of aryl methyl sites for hydroxylation is 2. The molecule has 3 heterocycles. The largest absolute Gasteiger partial charge is 0.481 e. The van der Waals surface area contributed by atoms with Crippen LogP contribution in [0.25, 0.3) is 16.9 Å². The highest BCUT2D eigenvalue weighted by Crippen LogP contribution is 2.34. The number of rotatable bonds is 12. The fraction of sp³-hybridized carbons (Fsp3) is 0.412. The molecule has 9 nitrogen and oxygen atoms in total. The van der Waals surface area contributed by atoms with E-state index in [0.29, 0.717) is 39.7 Å². The van der Waals surface area contributed by atoms with Crippen LogP contribution in [-0.4, -0.2) is 56.5 Å². The van der Waals surface area contributed by atoms with Crippen LogP contribution < -0.4 is 10.9 Å². The van der Waals surface area contributed by atoms with Gasteiger partial charge in [-0.05, 0) is 93.2 Å². The van der Waals surface area contributed by atoms with Crippen LogP contribution in [0.5, 0.6) is 0 Å². The van der Waals surface area contributed by atoms with E-state index in [2.05, 4.69) is 10.3 Å². The lowest BCUT2D eigenvalue weighted by molar-refractivity contribution is -0.139. The summed E-state index contributed by atoms with van der Waals surface area (Å²) in [5, 5.41) is 12.6. The van der Waals surface area contributed by atoms with Crippen LogP contribution in [0.3, 0.4) is 0 Å². The Morgan fingerprint density at radius 3 is 2.30 bits per heavy atom. The van der Waals surface area contributed by atoms with Gasteiger partial charge in [-0.25, -0.2) is 9.37 Å². The topological polar surface area (TPSA) is 109 Å². The van der Waals surface area contributed by atoms with Crippen molar-refractivity contribution in [2.45, 2.75) is 65.2 Å². The van der Waals surface area contributed by atoms with Crippen molar-refractivity contribution in [2.75, 3.05) is 20.6 Å². The zero-order valence-electron chi connectivity index (χ0n) is 27.2. The van der Waals surface area contributed by atoms with E-state index in [1.165, 1.54) is 12.1 Å². The molecule has 0 saturated heterocycles. The van der Waals surface area contributed by atoms with Gasteiger partial charge in [0.2, 0.25) is 5.91 Å². The SMILES string of the molecule is Cc1cc(F)cc(C)c1-c1cc([C@H](CC(=O)O)NC(=O)[C@H](CC(C)C)n2cc(CCN(C)C)c(C(F)(F)F)cc2=O)cc2nccn12. The smallest absolute Gasteiger partial charge is 0.416 e. The van der Waals surface area contributed by atoms with Crippen LogP contribution in [0.2, 0.25) is 0 Å². The van der Waals surface area contributed by atoms with E-state index in [0.717, 1.165) is 10.8 Å². The van der Waals surface area contributed by atoms with Gasteiger partial charge in [-0.1, -0.05) is 13.8 Å². The van der Waals surface area contributed by atoms with Gasteiger partial charge >= 0.3 is 12.1 Å². The summed E-state index contributed by atoms with van der Waals surface area (Å²) in [6, 6.07) is 4.30. The molecule has 47 heavy (non-hydrogen) atoms. The number of imidazole rings is 1. The molecule has 2 atom stereocenters. The third-order valence-corrected chi connectivity index (χ3v) is 8.01. The van der Waals surface area contributed by atoms with Gasteiger partial charge in [0.05, 0.1) is 23.7 Å². The molecule has 252 valence electrons. The normalized spacial score (nSPS) is 13.4. The van der Waals surface area contributed by atoms with Gasteiger partial charge in [0, 0.05) is 36.8 Å². The molecule has 2 N–H and O–H groups in total. The molecule has 0 aliphatic heterocycles. The summed E-state index contributed by atoms with van der Waals surface area (Å²) in [5.41, 5.74) is 1.24. The quantitative estimate of drug-likeness (QED) is 0.182. The van der Waals surface area contributed by atoms with Crippen molar-refractivity contribution in [3.63, 3.8) is 0 Å². The van der Waals surface area contributed by atoms with Gasteiger partial charge in [-0.2, -0.15) is 13.2 Å². The van der Waals surface area contributed by atoms with Crippen molar-refractivity contribution < 1.29 is 32.3 Å². The second-order valence-corrected chi connectivity index (χ2v) is 12.6. The standard InChI is InChI=1S/C34H39F4N5O4/c1-19(2)11-28(43-18-22(7-9-41(5)6)25(16-30(43)44)34(36,37)38)33(47)40-26(17-31(45)46)23-14-27(42-10-8-39-29(42)15-23)32-20(3)12-24(35)13-21(32)4/h8,10,12-16,18-19,26,28H,7,9,11,17H2,1-6H3,(H,40,47)(H,45,46)/t26-,28-/m0/s1. The molecule has 1 aromatic carbocycles. The molecule has 0 bridgehead atoms. The molecule has 0 aliphatic rings. The Kier molecular flexibility index (Phi) is 10.6. The lowest BCUT2D eigenvalue weighted by atomic mass is 9.95. The predicted octanol–water partition coefficient (Wildman–Crippen LogP) is 5.96. The number of carbonyl (C=O) groups is 2. The zero-order valence-corrected chi connectivity index (χ0v) is 27.2. The highest BCUT2D eigenvalue weighted by molar-refractivity contribution is 5.82. The van der Waals surface area contributed by atoms with Crippen molar-refractivity contribution in [1.82, 2.24) is 24.2 Å². The number of carboxylic acids is 1. The summed E-state index contributed by atoms with van der Waals surface area (Å²) < 4.78 is 58.7. The minimum absolute atomic E-state index is 0.0187. The number of hydrogen-bond acceptors (Lipinski definition) is 5. The van der Waals surface area contributed by atoms with Gasteiger partial charge in [-0.15, -0.1) is 0 Å². The number of benzene rings is 1. The third kappa shape index (κ3) is 8.26. The number of nitrogens with one attached hydrogen (secondary N) is 1. The summed E-state index contributed by atoms with van der Waals surface area (Å²) >= 11 is 0.